The van der Waals surface area contributed by atoms with Gasteiger partial charge in [0, 0.05) is 0 Å². The standard InChI is InChI=1S/C6H6I2/c7-5-1-2-6(8)4-3-5/h1,4H,2-3H2. The summed E-state index contributed by atoms with van der Waals surface area (Å²) in [5.74, 6) is 0. The number of halogens is 2. The molecule has 0 aromatic rings. The molecule has 1 rings (SSSR count). The quantitative estimate of drug-likeness (QED) is 0.597. The lowest BCUT2D eigenvalue weighted by atomic mass is 10.2. The molecule has 0 unspecified atom stereocenters. The Labute approximate surface area is 76.7 Å². The van der Waals surface area contributed by atoms with Gasteiger partial charge in [-0.05, 0) is 65.2 Å². The molecular formula is C6H6I2. The van der Waals surface area contributed by atoms with Crippen LogP contribution in [0.15, 0.2) is 19.3 Å². The third-order valence-corrected chi connectivity index (χ3v) is 2.80. The maximum atomic E-state index is 2.38. The van der Waals surface area contributed by atoms with E-state index < -0.39 is 0 Å². The van der Waals surface area contributed by atoms with Gasteiger partial charge in [0.15, 0.2) is 0 Å². The summed E-state index contributed by atoms with van der Waals surface area (Å²) in [4.78, 5) is 0. The zero-order valence-electron chi connectivity index (χ0n) is 4.32. The van der Waals surface area contributed by atoms with Crippen LogP contribution in [0.2, 0.25) is 0 Å². The van der Waals surface area contributed by atoms with Crippen LogP contribution in [0.4, 0.5) is 0 Å². The molecule has 2 heteroatoms. The van der Waals surface area contributed by atoms with E-state index in [-0.39, 0.29) is 0 Å². The predicted molar refractivity (Wildman–Crippen MR) is 53.4 cm³/mol. The van der Waals surface area contributed by atoms with Crippen molar-refractivity contribution in [2.45, 2.75) is 12.8 Å². The average Bonchev–Trinajstić information content (AvgIpc) is 1.77. The van der Waals surface area contributed by atoms with Gasteiger partial charge in [-0.3, -0.25) is 0 Å². The van der Waals surface area contributed by atoms with Crippen molar-refractivity contribution in [2.75, 3.05) is 0 Å². The van der Waals surface area contributed by atoms with Gasteiger partial charge in [-0.25, -0.2) is 0 Å². The highest BCUT2D eigenvalue weighted by molar-refractivity contribution is 14.1. The van der Waals surface area contributed by atoms with Crippen LogP contribution in [0.3, 0.4) is 0 Å². The summed E-state index contributed by atoms with van der Waals surface area (Å²) >= 11 is 4.76. The first-order chi connectivity index (χ1) is 3.79. The minimum Gasteiger partial charge on any atom is -0.0701 e. The lowest BCUT2D eigenvalue weighted by Gasteiger charge is -2.01. The van der Waals surface area contributed by atoms with Crippen molar-refractivity contribution in [1.82, 2.24) is 0 Å². The lowest BCUT2D eigenvalue weighted by Crippen LogP contribution is -1.79. The topological polar surface area (TPSA) is 0 Å². The molecule has 8 heavy (non-hydrogen) atoms. The molecule has 0 heterocycles. The van der Waals surface area contributed by atoms with Gasteiger partial charge in [0.25, 0.3) is 0 Å². The Morgan fingerprint density at radius 3 is 1.62 bits per heavy atom. The molecule has 0 bridgehead atoms. The molecule has 0 atom stereocenters. The van der Waals surface area contributed by atoms with Crippen molar-refractivity contribution < 1.29 is 0 Å². The minimum absolute atomic E-state index is 1.15. The molecule has 0 saturated heterocycles. The summed E-state index contributed by atoms with van der Waals surface area (Å²) in [6, 6.07) is 0. The fraction of sp³-hybridized carbons (Fsp3) is 0.333. The van der Waals surface area contributed by atoms with Crippen LogP contribution in [-0.4, -0.2) is 0 Å². The number of hydrogen-bond acceptors (Lipinski definition) is 0. The van der Waals surface area contributed by atoms with Crippen molar-refractivity contribution in [2.24, 2.45) is 0 Å². The van der Waals surface area contributed by atoms with Crippen LogP contribution in [0.1, 0.15) is 12.8 Å². The van der Waals surface area contributed by atoms with Crippen LogP contribution in [-0.2, 0) is 0 Å². The molecule has 0 aromatic heterocycles. The molecule has 0 nitrogen and oxygen atoms in total. The fourth-order valence-electron chi connectivity index (χ4n) is 0.583. The molecule has 0 fully saturated rings. The molecule has 0 aliphatic heterocycles. The Kier molecular flexibility index (Phi) is 2.82. The van der Waals surface area contributed by atoms with Crippen LogP contribution in [0, 0.1) is 0 Å². The van der Waals surface area contributed by atoms with Crippen LogP contribution < -0.4 is 0 Å². The number of hydrogen-bond donors (Lipinski definition) is 0. The number of rotatable bonds is 0. The second-order valence-electron chi connectivity index (χ2n) is 1.71. The van der Waals surface area contributed by atoms with E-state index >= 15 is 0 Å². The van der Waals surface area contributed by atoms with Gasteiger partial charge in [-0.1, -0.05) is 12.2 Å². The van der Waals surface area contributed by atoms with Crippen molar-refractivity contribution in [3.8, 4) is 0 Å². The van der Waals surface area contributed by atoms with E-state index in [4.69, 9.17) is 0 Å². The van der Waals surface area contributed by atoms with Gasteiger partial charge < -0.3 is 0 Å². The molecule has 1 aliphatic rings. The highest BCUT2D eigenvalue weighted by Crippen LogP contribution is 2.25. The average molecular weight is 332 g/mol. The van der Waals surface area contributed by atoms with Crippen LogP contribution in [0.5, 0.6) is 0 Å². The Morgan fingerprint density at radius 1 is 1.00 bits per heavy atom. The summed E-state index contributed by atoms with van der Waals surface area (Å²) in [5.41, 5.74) is 0. The van der Waals surface area contributed by atoms with Gasteiger partial charge in [-0.2, -0.15) is 0 Å². The van der Waals surface area contributed by atoms with E-state index in [0.29, 0.717) is 0 Å². The molecule has 0 aromatic carbocycles. The molecule has 0 N–H and O–H groups in total. The zero-order valence-corrected chi connectivity index (χ0v) is 8.64. The lowest BCUT2D eigenvalue weighted by molar-refractivity contribution is 1.22. The van der Waals surface area contributed by atoms with Crippen molar-refractivity contribution in [3.05, 3.63) is 19.3 Å². The largest absolute Gasteiger partial charge is 0.0701 e. The first-order valence-corrected chi connectivity index (χ1v) is 4.64. The predicted octanol–water partition coefficient (Wildman–Crippen LogP) is 3.42. The SMILES string of the molecule is IC1=CCC(I)=CC1. The monoisotopic (exact) mass is 332 g/mol. The normalized spacial score (nSPS) is 19.8. The van der Waals surface area contributed by atoms with E-state index in [9.17, 15) is 0 Å². The smallest absolute Gasteiger partial charge is 0.00318 e. The van der Waals surface area contributed by atoms with Crippen LogP contribution in [0.25, 0.3) is 0 Å². The first-order valence-electron chi connectivity index (χ1n) is 2.48. The van der Waals surface area contributed by atoms with E-state index in [1.807, 2.05) is 0 Å². The van der Waals surface area contributed by atoms with Crippen molar-refractivity contribution in [1.29, 1.82) is 0 Å². The minimum atomic E-state index is 1.15. The van der Waals surface area contributed by atoms with Crippen molar-refractivity contribution in [3.63, 3.8) is 0 Å². The van der Waals surface area contributed by atoms with Gasteiger partial charge in [-0.15, -0.1) is 0 Å². The maximum absolute atomic E-state index is 2.38. The number of allylic oxidation sites excluding steroid dienone is 4. The summed E-state index contributed by atoms with van der Waals surface area (Å²) in [7, 11) is 0. The maximum Gasteiger partial charge on any atom is -0.00318 e. The molecule has 1 aliphatic carbocycles. The Bertz CT molecular complexity index is 127. The molecule has 0 saturated carbocycles. The van der Waals surface area contributed by atoms with E-state index in [0.717, 1.165) is 12.8 Å². The Balaban J connectivity index is 2.54. The third-order valence-electron chi connectivity index (χ3n) is 1.04. The van der Waals surface area contributed by atoms with Crippen LogP contribution >= 0.6 is 45.2 Å². The zero-order chi connectivity index (χ0) is 5.98. The van der Waals surface area contributed by atoms with Gasteiger partial charge in [0.05, 0.1) is 0 Å². The highest BCUT2D eigenvalue weighted by atomic mass is 127. The third kappa shape index (κ3) is 2.05. The molecular weight excluding hydrogens is 326 g/mol. The Hall–Kier alpha value is 0.940. The second kappa shape index (κ2) is 3.20. The summed E-state index contributed by atoms with van der Waals surface area (Å²) in [6.07, 6.45) is 6.86. The summed E-state index contributed by atoms with van der Waals surface area (Å²) in [5, 5.41) is 0. The highest BCUT2D eigenvalue weighted by Gasteiger charge is 1.97. The van der Waals surface area contributed by atoms with E-state index in [2.05, 4.69) is 57.3 Å². The molecule has 0 amide bonds. The van der Waals surface area contributed by atoms with Gasteiger partial charge in [0.1, 0.15) is 0 Å². The molecule has 44 valence electrons. The first kappa shape index (κ1) is 7.05. The Morgan fingerprint density at radius 2 is 1.38 bits per heavy atom. The molecule has 0 radical (unpaired) electrons. The summed E-state index contributed by atoms with van der Waals surface area (Å²) in [6.45, 7) is 0. The van der Waals surface area contributed by atoms with Crippen molar-refractivity contribution >= 4 is 45.2 Å². The van der Waals surface area contributed by atoms with E-state index in [1.165, 1.54) is 7.16 Å². The summed E-state index contributed by atoms with van der Waals surface area (Å²) < 4.78 is 2.95. The van der Waals surface area contributed by atoms with E-state index in [1.54, 1.807) is 0 Å². The molecule has 0 spiro atoms. The van der Waals surface area contributed by atoms with Gasteiger partial charge in [0.2, 0.25) is 0 Å². The second-order valence-corrected chi connectivity index (χ2v) is 4.48. The fourth-order valence-corrected chi connectivity index (χ4v) is 1.46. The van der Waals surface area contributed by atoms with Gasteiger partial charge >= 0.3 is 0 Å².